The van der Waals surface area contributed by atoms with Gasteiger partial charge in [0.25, 0.3) is 15.9 Å². The van der Waals surface area contributed by atoms with Gasteiger partial charge in [0.2, 0.25) is 5.91 Å². The fourth-order valence-corrected chi connectivity index (χ4v) is 9.03. The van der Waals surface area contributed by atoms with Crippen LogP contribution in [0.25, 0.3) is 10.1 Å². The average Bonchev–Trinajstić information content (AvgIpc) is 3.69. The van der Waals surface area contributed by atoms with Gasteiger partial charge in [0, 0.05) is 28.2 Å². The van der Waals surface area contributed by atoms with Crippen molar-refractivity contribution in [3.63, 3.8) is 0 Å². The molecule has 0 spiro atoms. The van der Waals surface area contributed by atoms with Crippen LogP contribution in [0, 0.1) is 5.92 Å². The number of benzene rings is 1. The molecular formula is C29H32N4O5S2. The highest BCUT2D eigenvalue weighted by atomic mass is 32.2. The maximum absolute atomic E-state index is 14.1. The Hall–Kier alpha value is -3.15. The zero-order valence-corrected chi connectivity index (χ0v) is 23.7. The third-order valence-corrected chi connectivity index (χ3v) is 11.2. The number of aromatic nitrogens is 1. The summed E-state index contributed by atoms with van der Waals surface area (Å²) < 4.78 is 28.9. The van der Waals surface area contributed by atoms with E-state index in [9.17, 15) is 22.8 Å². The minimum Gasteiger partial charge on any atom is -0.340 e. The molecule has 3 unspecified atom stereocenters. The maximum Gasteiger partial charge on any atom is 0.261 e. The third-order valence-electron chi connectivity index (χ3n) is 8.49. The van der Waals surface area contributed by atoms with Crippen molar-refractivity contribution in [2.75, 3.05) is 13.1 Å². The molecule has 11 heteroatoms. The Bertz CT molecular complexity index is 1530. The van der Waals surface area contributed by atoms with Gasteiger partial charge in [-0.05, 0) is 37.0 Å². The van der Waals surface area contributed by atoms with E-state index in [0.717, 1.165) is 35.8 Å². The quantitative estimate of drug-likeness (QED) is 0.457. The van der Waals surface area contributed by atoms with Gasteiger partial charge in [0.05, 0.1) is 18.2 Å². The summed E-state index contributed by atoms with van der Waals surface area (Å²) in [5, 5.41) is 5.57. The number of rotatable bonds is 7. The minimum atomic E-state index is -3.99. The van der Waals surface area contributed by atoms with Gasteiger partial charge in [0.1, 0.15) is 12.1 Å². The van der Waals surface area contributed by atoms with Crippen molar-refractivity contribution in [2.24, 2.45) is 5.92 Å². The number of pyridine rings is 1. The molecule has 6 rings (SSSR count). The predicted octanol–water partition coefficient (Wildman–Crippen LogP) is 3.61. The lowest BCUT2D eigenvalue weighted by Crippen LogP contribution is -2.53. The summed E-state index contributed by atoms with van der Waals surface area (Å²) >= 11 is 1.48. The van der Waals surface area contributed by atoms with E-state index in [1.165, 1.54) is 39.2 Å². The van der Waals surface area contributed by atoms with Gasteiger partial charge in [-0.25, -0.2) is 13.4 Å². The van der Waals surface area contributed by atoms with Crippen LogP contribution >= 0.6 is 11.3 Å². The molecule has 1 saturated carbocycles. The molecule has 2 aromatic heterocycles. The van der Waals surface area contributed by atoms with E-state index in [1.54, 1.807) is 12.1 Å². The molecule has 9 nitrogen and oxygen atoms in total. The molecule has 2 amide bonds. The second kappa shape index (κ2) is 11.0. The average molecular weight is 581 g/mol. The van der Waals surface area contributed by atoms with Crippen molar-refractivity contribution in [1.82, 2.24) is 19.5 Å². The summed E-state index contributed by atoms with van der Waals surface area (Å²) in [4.78, 5) is 46.3. The van der Waals surface area contributed by atoms with Crippen LogP contribution in [0.2, 0.25) is 0 Å². The highest BCUT2D eigenvalue weighted by Gasteiger charge is 2.54. The van der Waals surface area contributed by atoms with E-state index in [-0.39, 0.29) is 35.7 Å². The molecule has 1 N–H and O–H groups in total. The van der Waals surface area contributed by atoms with Crippen LogP contribution in [0.3, 0.4) is 0 Å². The van der Waals surface area contributed by atoms with Gasteiger partial charge in [0.15, 0.2) is 10.8 Å². The minimum absolute atomic E-state index is 0.112. The number of ketones is 1. The lowest BCUT2D eigenvalue weighted by molar-refractivity contribution is -0.138. The van der Waals surface area contributed by atoms with Gasteiger partial charge in [-0.2, -0.15) is 4.31 Å². The zero-order chi connectivity index (χ0) is 27.9. The molecule has 3 aliphatic rings. The number of nitrogens with one attached hydrogen (secondary N) is 1. The molecule has 0 bridgehead atoms. The highest BCUT2D eigenvalue weighted by Crippen LogP contribution is 2.35. The van der Waals surface area contributed by atoms with Crippen LogP contribution in [-0.2, 0) is 19.6 Å². The van der Waals surface area contributed by atoms with Gasteiger partial charge < -0.3 is 10.2 Å². The van der Waals surface area contributed by atoms with Crippen LogP contribution in [-0.4, -0.2) is 71.4 Å². The van der Waals surface area contributed by atoms with E-state index in [1.807, 2.05) is 29.6 Å². The van der Waals surface area contributed by atoms with E-state index in [0.29, 0.717) is 24.3 Å². The number of nitrogens with zero attached hydrogens (tertiary/aromatic N) is 3. The van der Waals surface area contributed by atoms with Crippen LogP contribution in [0.15, 0.2) is 59.1 Å². The molecule has 0 radical (unpaired) electrons. The number of thiophene rings is 1. The number of carbonyl (C=O) groups is 3. The lowest BCUT2D eigenvalue weighted by atomic mass is 9.84. The second-order valence-corrected chi connectivity index (χ2v) is 13.7. The normalized spacial score (nSPS) is 22.9. The first-order chi connectivity index (χ1) is 19.3. The standard InChI is InChI=1S/C29H32N4O5S2/c34-24-17-33(40(37,38)26-12-6-7-14-30-26)23-13-15-32(27(23)24)29(36)22(16-19-8-2-1-3-9-19)31-28(35)21-18-39-25-11-5-4-10-20(21)25/h4-7,10-12,14,18-19,22-23,27H,1-3,8-9,13,15-17H2,(H,31,35). The zero-order valence-electron chi connectivity index (χ0n) is 22.1. The lowest BCUT2D eigenvalue weighted by Gasteiger charge is -2.31. The van der Waals surface area contributed by atoms with E-state index >= 15 is 0 Å². The smallest absolute Gasteiger partial charge is 0.261 e. The number of fused-ring (bicyclic) bond motifs is 2. The Morgan fingerprint density at radius 2 is 1.82 bits per heavy atom. The summed E-state index contributed by atoms with van der Waals surface area (Å²) in [7, 11) is -3.99. The summed E-state index contributed by atoms with van der Waals surface area (Å²) in [6, 6.07) is 10.0. The first-order valence-electron chi connectivity index (χ1n) is 13.9. The molecule has 2 aliphatic heterocycles. The molecule has 210 valence electrons. The van der Waals surface area contributed by atoms with Crippen LogP contribution in [0.1, 0.15) is 55.3 Å². The largest absolute Gasteiger partial charge is 0.340 e. The number of carbonyl (C=O) groups excluding carboxylic acids is 3. The summed E-state index contributed by atoms with van der Waals surface area (Å²) in [5.41, 5.74) is 0.533. The van der Waals surface area contributed by atoms with Crippen LogP contribution < -0.4 is 5.32 Å². The SMILES string of the molecule is O=C(NC(CC1CCCCC1)C(=O)N1CCC2C1C(=O)CN2S(=O)(=O)c1ccccn1)c1csc2ccccc12. The monoisotopic (exact) mass is 580 g/mol. The summed E-state index contributed by atoms with van der Waals surface area (Å²) in [5.74, 6) is -0.612. The molecule has 3 atom stereocenters. The van der Waals surface area contributed by atoms with E-state index in [2.05, 4.69) is 10.3 Å². The first-order valence-corrected chi connectivity index (χ1v) is 16.2. The van der Waals surface area contributed by atoms with Crippen molar-refractivity contribution in [3.8, 4) is 0 Å². The molecule has 3 aromatic rings. The fraction of sp³-hybridized carbons (Fsp3) is 0.448. The topological polar surface area (TPSA) is 117 Å². The number of sulfonamides is 1. The van der Waals surface area contributed by atoms with Gasteiger partial charge in [-0.15, -0.1) is 11.3 Å². The first kappa shape index (κ1) is 27.0. The summed E-state index contributed by atoms with van der Waals surface area (Å²) in [6.07, 6.45) is 7.64. The molecule has 1 aromatic carbocycles. The van der Waals surface area contributed by atoms with Crippen molar-refractivity contribution in [1.29, 1.82) is 0 Å². The molecular weight excluding hydrogens is 548 g/mol. The van der Waals surface area contributed by atoms with Crippen LogP contribution in [0.5, 0.6) is 0 Å². The molecule has 40 heavy (non-hydrogen) atoms. The molecule has 4 heterocycles. The number of likely N-dealkylation sites (tertiary alicyclic amines) is 1. The number of hydrogen-bond acceptors (Lipinski definition) is 7. The van der Waals surface area contributed by atoms with E-state index < -0.39 is 28.1 Å². The van der Waals surface area contributed by atoms with Gasteiger partial charge >= 0.3 is 0 Å². The van der Waals surface area contributed by atoms with Crippen molar-refractivity contribution in [3.05, 3.63) is 59.6 Å². The maximum atomic E-state index is 14.1. The van der Waals surface area contributed by atoms with Gasteiger partial charge in [-0.1, -0.05) is 56.4 Å². The number of hydrogen-bond donors (Lipinski definition) is 1. The Kier molecular flexibility index (Phi) is 7.45. The second-order valence-electron chi connectivity index (χ2n) is 10.9. The Morgan fingerprint density at radius 3 is 2.60 bits per heavy atom. The van der Waals surface area contributed by atoms with Gasteiger partial charge in [-0.3, -0.25) is 14.4 Å². The van der Waals surface area contributed by atoms with Crippen molar-refractivity contribution >= 4 is 49.0 Å². The number of Topliss-reactive ketones (excluding diaryl/α,β-unsaturated/α-hetero) is 1. The fourth-order valence-electron chi connectivity index (χ4n) is 6.53. The Balaban J connectivity index is 1.25. The molecule has 1 aliphatic carbocycles. The highest BCUT2D eigenvalue weighted by molar-refractivity contribution is 7.89. The van der Waals surface area contributed by atoms with Crippen molar-refractivity contribution < 1.29 is 22.8 Å². The third kappa shape index (κ3) is 4.95. The number of amides is 2. The summed E-state index contributed by atoms with van der Waals surface area (Å²) in [6.45, 7) is -0.0366. The molecule has 2 saturated heterocycles. The van der Waals surface area contributed by atoms with Crippen LogP contribution in [0.4, 0.5) is 0 Å². The molecule has 3 fully saturated rings. The van der Waals surface area contributed by atoms with Crippen molar-refractivity contribution in [2.45, 2.75) is 68.1 Å². The Labute approximate surface area is 237 Å². The predicted molar refractivity (Wildman–Crippen MR) is 151 cm³/mol. The Morgan fingerprint density at radius 1 is 1.05 bits per heavy atom. The van der Waals surface area contributed by atoms with E-state index in [4.69, 9.17) is 0 Å².